The van der Waals surface area contributed by atoms with Crippen LogP contribution in [-0.4, -0.2) is 59.0 Å². The van der Waals surface area contributed by atoms with Gasteiger partial charge in [-0.2, -0.15) is 0 Å². The van der Waals surface area contributed by atoms with Crippen LogP contribution in [0.4, 0.5) is 14.9 Å². The standard InChI is InChI=1S/C24H24FN5O3/c1-14-15(2)30-20-21(26-23(30)29(14)18-7-5-6-8-19(18)33-4)27(3)24(32)28(22(20)31)13-16-9-11-17(25)12-10-16/h5-12,20-21H,13H2,1-4H3. The Morgan fingerprint density at radius 2 is 1.73 bits per heavy atom. The van der Waals surface area contributed by atoms with Gasteiger partial charge in [0.05, 0.1) is 19.3 Å². The minimum absolute atomic E-state index is 0.0621. The first-order chi connectivity index (χ1) is 15.8. The topological polar surface area (TPSA) is 68.7 Å². The fraction of sp³-hybridized carbons (Fsp3) is 0.292. The Balaban J connectivity index is 1.52. The number of guanidine groups is 1. The SMILES string of the molecule is COc1ccccc1N1C2=NC3C(C(=O)N(Cc4ccc(F)cc4)C(=O)N3C)N2C(C)=C1C. The van der Waals surface area contributed by atoms with Gasteiger partial charge in [-0.05, 0) is 43.7 Å². The summed E-state index contributed by atoms with van der Waals surface area (Å²) < 4.78 is 18.9. The summed E-state index contributed by atoms with van der Waals surface area (Å²) >= 11 is 0. The number of aliphatic imine (C=N–C) groups is 1. The highest BCUT2D eigenvalue weighted by molar-refractivity contribution is 6.11. The second-order valence-corrected chi connectivity index (χ2v) is 8.28. The van der Waals surface area contributed by atoms with E-state index in [1.54, 1.807) is 26.3 Å². The molecule has 3 aliphatic heterocycles. The van der Waals surface area contributed by atoms with E-state index in [0.717, 1.165) is 17.1 Å². The molecule has 0 aromatic heterocycles. The van der Waals surface area contributed by atoms with Gasteiger partial charge in [0.1, 0.15) is 11.6 Å². The Morgan fingerprint density at radius 1 is 1.03 bits per heavy atom. The minimum atomic E-state index is -0.683. The molecule has 2 aromatic carbocycles. The van der Waals surface area contributed by atoms with Crippen molar-refractivity contribution in [2.45, 2.75) is 32.6 Å². The maximum absolute atomic E-state index is 13.6. The fourth-order valence-electron chi connectivity index (χ4n) is 4.63. The molecule has 2 atom stereocenters. The molecule has 2 unspecified atom stereocenters. The molecule has 0 radical (unpaired) electrons. The molecule has 0 spiro atoms. The number of hydrogen-bond acceptors (Lipinski definition) is 6. The Morgan fingerprint density at radius 3 is 2.42 bits per heavy atom. The number of fused-ring (bicyclic) bond motifs is 3. The van der Waals surface area contributed by atoms with E-state index in [9.17, 15) is 14.0 Å². The van der Waals surface area contributed by atoms with E-state index in [0.29, 0.717) is 17.3 Å². The second kappa shape index (κ2) is 7.61. The number of anilines is 1. The lowest BCUT2D eigenvalue weighted by Crippen LogP contribution is -2.64. The van der Waals surface area contributed by atoms with Crippen LogP contribution in [-0.2, 0) is 11.3 Å². The predicted molar refractivity (Wildman–Crippen MR) is 121 cm³/mol. The van der Waals surface area contributed by atoms with E-state index in [4.69, 9.17) is 9.73 Å². The summed E-state index contributed by atoms with van der Waals surface area (Å²) in [5, 5.41) is 0. The van der Waals surface area contributed by atoms with E-state index < -0.39 is 18.2 Å². The number of imide groups is 1. The molecule has 0 saturated carbocycles. The van der Waals surface area contributed by atoms with Gasteiger partial charge < -0.3 is 9.64 Å². The molecule has 1 fully saturated rings. The zero-order chi connectivity index (χ0) is 23.4. The quantitative estimate of drug-likeness (QED) is 0.716. The average Bonchev–Trinajstić information content (AvgIpc) is 3.32. The van der Waals surface area contributed by atoms with Crippen molar-refractivity contribution < 1.29 is 18.7 Å². The fourth-order valence-corrected chi connectivity index (χ4v) is 4.63. The maximum atomic E-state index is 13.6. The Kier molecular flexibility index (Phi) is 4.84. The molecule has 170 valence electrons. The number of methoxy groups -OCH3 is 1. The molecule has 2 aromatic rings. The zero-order valence-electron chi connectivity index (χ0n) is 18.8. The number of rotatable bonds is 4. The smallest absolute Gasteiger partial charge is 0.328 e. The van der Waals surface area contributed by atoms with Crippen LogP contribution in [0.1, 0.15) is 19.4 Å². The molecule has 0 N–H and O–H groups in total. The van der Waals surface area contributed by atoms with Crippen LogP contribution in [0.2, 0.25) is 0 Å². The number of ether oxygens (including phenoxy) is 1. The summed E-state index contributed by atoms with van der Waals surface area (Å²) in [7, 11) is 3.26. The summed E-state index contributed by atoms with van der Waals surface area (Å²) in [6.45, 7) is 3.97. The van der Waals surface area contributed by atoms with E-state index in [1.807, 2.05) is 47.9 Å². The molecular weight excluding hydrogens is 425 g/mol. The number of para-hydroxylation sites is 2. The molecule has 0 bridgehead atoms. The zero-order valence-corrected chi connectivity index (χ0v) is 18.8. The van der Waals surface area contributed by atoms with Crippen LogP contribution in [0.3, 0.4) is 0 Å². The summed E-state index contributed by atoms with van der Waals surface area (Å²) in [6.07, 6.45) is -0.648. The molecule has 3 aliphatic rings. The molecule has 3 amide bonds. The number of nitrogens with zero attached hydrogens (tertiary/aromatic N) is 5. The summed E-state index contributed by atoms with van der Waals surface area (Å²) in [6, 6.07) is 12.3. The second-order valence-electron chi connectivity index (χ2n) is 8.28. The molecule has 0 aliphatic carbocycles. The van der Waals surface area contributed by atoms with Gasteiger partial charge in [0.15, 0.2) is 12.2 Å². The molecule has 5 rings (SSSR count). The maximum Gasteiger partial charge on any atom is 0.328 e. The first-order valence-electron chi connectivity index (χ1n) is 10.6. The van der Waals surface area contributed by atoms with Gasteiger partial charge in [0.2, 0.25) is 5.96 Å². The van der Waals surface area contributed by atoms with Gasteiger partial charge in [-0.25, -0.2) is 14.2 Å². The normalized spacial score (nSPS) is 22.2. The summed E-state index contributed by atoms with van der Waals surface area (Å²) in [4.78, 5) is 38.1. The lowest BCUT2D eigenvalue weighted by atomic mass is 10.1. The van der Waals surface area contributed by atoms with Crippen molar-refractivity contribution in [2.75, 3.05) is 19.1 Å². The predicted octanol–water partition coefficient (Wildman–Crippen LogP) is 3.37. The molecule has 3 heterocycles. The van der Waals surface area contributed by atoms with Crippen molar-refractivity contribution in [3.63, 3.8) is 0 Å². The highest BCUT2D eigenvalue weighted by atomic mass is 19.1. The van der Waals surface area contributed by atoms with E-state index in [1.165, 1.54) is 21.9 Å². The lowest BCUT2D eigenvalue weighted by molar-refractivity contribution is -0.137. The van der Waals surface area contributed by atoms with Crippen molar-refractivity contribution in [1.82, 2.24) is 14.7 Å². The van der Waals surface area contributed by atoms with Gasteiger partial charge >= 0.3 is 6.03 Å². The summed E-state index contributed by atoms with van der Waals surface area (Å²) in [5.74, 6) is 0.560. The average molecular weight is 449 g/mol. The van der Waals surface area contributed by atoms with Gasteiger partial charge in [-0.15, -0.1) is 0 Å². The molecule has 1 saturated heterocycles. The third kappa shape index (κ3) is 3.06. The van der Waals surface area contributed by atoms with Crippen LogP contribution in [0.5, 0.6) is 5.75 Å². The van der Waals surface area contributed by atoms with E-state index in [-0.39, 0.29) is 18.3 Å². The van der Waals surface area contributed by atoms with Crippen molar-refractivity contribution in [2.24, 2.45) is 4.99 Å². The first kappa shape index (κ1) is 21.0. The third-order valence-electron chi connectivity index (χ3n) is 6.47. The molecule has 9 heteroatoms. The van der Waals surface area contributed by atoms with E-state index >= 15 is 0 Å². The Hall–Kier alpha value is -3.88. The monoisotopic (exact) mass is 449 g/mol. The van der Waals surface area contributed by atoms with Crippen molar-refractivity contribution in [3.05, 3.63) is 71.3 Å². The number of carbonyl (C=O) groups excluding carboxylic acids is 2. The van der Waals surface area contributed by atoms with Crippen LogP contribution < -0.4 is 9.64 Å². The minimum Gasteiger partial charge on any atom is -0.495 e. The molecular formula is C24H24FN5O3. The van der Waals surface area contributed by atoms with Gasteiger partial charge in [0.25, 0.3) is 5.91 Å². The number of carbonyl (C=O) groups is 2. The van der Waals surface area contributed by atoms with Gasteiger partial charge in [-0.3, -0.25) is 19.5 Å². The Labute approximate surface area is 191 Å². The van der Waals surface area contributed by atoms with Gasteiger partial charge in [-0.1, -0.05) is 24.3 Å². The third-order valence-corrected chi connectivity index (χ3v) is 6.47. The Bertz CT molecular complexity index is 1210. The highest BCUT2D eigenvalue weighted by Crippen LogP contribution is 2.42. The van der Waals surface area contributed by atoms with Crippen LogP contribution in [0, 0.1) is 5.82 Å². The van der Waals surface area contributed by atoms with Crippen LogP contribution in [0.25, 0.3) is 0 Å². The van der Waals surface area contributed by atoms with Crippen molar-refractivity contribution >= 4 is 23.6 Å². The number of benzene rings is 2. The number of allylic oxidation sites excluding steroid dienone is 2. The number of amides is 3. The number of likely N-dealkylation sites (N-methyl/N-ethyl adjacent to an activating group) is 1. The number of urea groups is 1. The first-order valence-corrected chi connectivity index (χ1v) is 10.6. The van der Waals surface area contributed by atoms with Gasteiger partial charge in [0, 0.05) is 18.4 Å². The molecule has 33 heavy (non-hydrogen) atoms. The summed E-state index contributed by atoms with van der Waals surface area (Å²) in [5.41, 5.74) is 3.28. The largest absolute Gasteiger partial charge is 0.495 e. The van der Waals surface area contributed by atoms with E-state index in [2.05, 4.69) is 0 Å². The van der Waals surface area contributed by atoms with Crippen molar-refractivity contribution in [3.8, 4) is 5.75 Å². The highest BCUT2D eigenvalue weighted by Gasteiger charge is 2.56. The van der Waals surface area contributed by atoms with Crippen molar-refractivity contribution in [1.29, 1.82) is 0 Å². The number of halogens is 1. The number of hydrogen-bond donors (Lipinski definition) is 0. The lowest BCUT2D eigenvalue weighted by Gasteiger charge is -2.40. The van der Waals surface area contributed by atoms with Crippen LogP contribution >= 0.6 is 0 Å². The molecule has 8 nitrogen and oxygen atoms in total. The van der Waals surface area contributed by atoms with Crippen LogP contribution in [0.15, 0.2) is 64.9 Å².